The predicted octanol–water partition coefficient (Wildman–Crippen LogP) is 3.64. The molecular weight excluding hydrogens is 376 g/mol. The van der Waals surface area contributed by atoms with Crippen molar-refractivity contribution in [3.63, 3.8) is 0 Å². The van der Waals surface area contributed by atoms with Crippen molar-refractivity contribution in [2.75, 3.05) is 20.0 Å². The van der Waals surface area contributed by atoms with E-state index in [9.17, 15) is 14.4 Å². The van der Waals surface area contributed by atoms with E-state index in [1.807, 2.05) is 6.92 Å². The number of thioether (sulfide) groups is 2. The van der Waals surface area contributed by atoms with E-state index in [1.54, 1.807) is 39.5 Å². The molecule has 6 nitrogen and oxygen atoms in total. The Labute approximate surface area is 162 Å². The van der Waals surface area contributed by atoms with Crippen LogP contribution >= 0.6 is 23.5 Å². The average Bonchev–Trinajstić information content (AvgIpc) is 3.01. The quantitative estimate of drug-likeness (QED) is 0.660. The summed E-state index contributed by atoms with van der Waals surface area (Å²) in [6, 6.07) is 0. The number of hydrogen-bond donors (Lipinski definition) is 0. The second kappa shape index (κ2) is 7.94. The smallest absolute Gasteiger partial charge is 0.315 e. The first-order valence-electron chi connectivity index (χ1n) is 8.40. The third-order valence-electron chi connectivity index (χ3n) is 4.95. The topological polar surface area (TPSA) is 78.9 Å². The number of hydrogen-bond acceptors (Lipinski definition) is 8. The normalized spacial score (nSPS) is 32.5. The number of carbonyl (C=O) groups is 3. The lowest BCUT2D eigenvalue weighted by atomic mass is 9.77. The number of methoxy groups -OCH3 is 1. The zero-order valence-corrected chi connectivity index (χ0v) is 17.6. The van der Waals surface area contributed by atoms with E-state index in [0.717, 1.165) is 29.1 Å². The van der Waals surface area contributed by atoms with Crippen LogP contribution in [0.1, 0.15) is 34.1 Å². The van der Waals surface area contributed by atoms with Gasteiger partial charge in [0.25, 0.3) is 0 Å². The summed E-state index contributed by atoms with van der Waals surface area (Å²) in [4.78, 5) is 36.3. The van der Waals surface area contributed by atoms with Crippen molar-refractivity contribution in [1.82, 2.24) is 0 Å². The van der Waals surface area contributed by atoms with Gasteiger partial charge in [0.05, 0.1) is 11.5 Å². The number of esters is 2. The lowest BCUT2D eigenvalue weighted by molar-refractivity contribution is -0.162. The summed E-state index contributed by atoms with van der Waals surface area (Å²) in [5.74, 6) is -0.980. The Kier molecular flexibility index (Phi) is 6.51. The van der Waals surface area contributed by atoms with Crippen molar-refractivity contribution in [2.24, 2.45) is 16.7 Å². The maximum Gasteiger partial charge on any atom is 0.315 e. The number of ether oxygens (including phenoxy) is 3. The molecule has 0 amide bonds. The van der Waals surface area contributed by atoms with Gasteiger partial charge in [0.15, 0.2) is 0 Å². The van der Waals surface area contributed by atoms with Gasteiger partial charge in [-0.05, 0) is 57.5 Å². The predicted molar refractivity (Wildman–Crippen MR) is 102 cm³/mol. The van der Waals surface area contributed by atoms with Gasteiger partial charge < -0.3 is 14.2 Å². The highest BCUT2D eigenvalue weighted by Gasteiger charge is 2.64. The van der Waals surface area contributed by atoms with Crippen molar-refractivity contribution < 1.29 is 28.6 Å². The van der Waals surface area contributed by atoms with E-state index >= 15 is 0 Å². The van der Waals surface area contributed by atoms with E-state index in [2.05, 4.69) is 0 Å². The molecule has 1 heterocycles. The highest BCUT2D eigenvalue weighted by molar-refractivity contribution is 8.39. The molecule has 0 radical (unpaired) electrons. The van der Waals surface area contributed by atoms with E-state index in [-0.39, 0.29) is 35.0 Å². The third kappa shape index (κ3) is 3.97. The largest absolute Gasteiger partial charge is 0.461 e. The second-order valence-electron chi connectivity index (χ2n) is 7.75. The summed E-state index contributed by atoms with van der Waals surface area (Å²) in [7, 11) is 1.57. The summed E-state index contributed by atoms with van der Waals surface area (Å²) in [5, 5.41) is 1.79. The van der Waals surface area contributed by atoms with Crippen molar-refractivity contribution in [3.8, 4) is 0 Å². The van der Waals surface area contributed by atoms with Crippen molar-refractivity contribution in [1.29, 1.82) is 0 Å². The summed E-state index contributed by atoms with van der Waals surface area (Å²) in [6.45, 7) is 7.13. The molecule has 0 bridgehead atoms. The first-order valence-corrected chi connectivity index (χ1v) is 10.5. The zero-order chi connectivity index (χ0) is 19.7. The molecule has 1 saturated carbocycles. The van der Waals surface area contributed by atoms with Crippen molar-refractivity contribution in [2.45, 2.75) is 46.3 Å². The monoisotopic (exact) mass is 402 g/mol. The molecular formula is C18H26O6S2. The van der Waals surface area contributed by atoms with Gasteiger partial charge in [-0.2, -0.15) is 0 Å². The Balaban J connectivity index is 2.24. The van der Waals surface area contributed by atoms with Gasteiger partial charge >= 0.3 is 11.9 Å². The molecule has 0 aromatic carbocycles. The molecule has 0 aromatic rings. The first kappa shape index (κ1) is 21.3. The van der Waals surface area contributed by atoms with Crippen LogP contribution in [0.3, 0.4) is 0 Å². The molecule has 1 aliphatic carbocycles. The van der Waals surface area contributed by atoms with Gasteiger partial charge in [-0.3, -0.25) is 14.4 Å². The Morgan fingerprint density at radius 2 is 2.04 bits per heavy atom. The van der Waals surface area contributed by atoms with Crippen molar-refractivity contribution >= 4 is 39.9 Å². The van der Waals surface area contributed by atoms with Gasteiger partial charge in [0.2, 0.25) is 4.45 Å². The molecule has 1 aliphatic heterocycles. The number of fused-ring (bicyclic) bond motifs is 1. The summed E-state index contributed by atoms with van der Waals surface area (Å²) in [5.41, 5.74) is -0.549. The Morgan fingerprint density at radius 1 is 1.38 bits per heavy atom. The minimum Gasteiger partial charge on any atom is -0.461 e. The summed E-state index contributed by atoms with van der Waals surface area (Å²) in [6.07, 6.45) is 1.36. The molecule has 4 atom stereocenters. The van der Waals surface area contributed by atoms with Crippen LogP contribution in [0.5, 0.6) is 0 Å². The van der Waals surface area contributed by atoms with E-state index in [1.165, 1.54) is 0 Å². The van der Waals surface area contributed by atoms with Crippen LogP contribution in [0.15, 0.2) is 11.0 Å². The van der Waals surface area contributed by atoms with Gasteiger partial charge in [0.1, 0.15) is 18.1 Å². The highest BCUT2D eigenvalue weighted by atomic mass is 32.2. The average molecular weight is 403 g/mol. The van der Waals surface area contributed by atoms with Crippen LogP contribution in [0.2, 0.25) is 0 Å². The van der Waals surface area contributed by atoms with Crippen LogP contribution in [-0.2, 0) is 23.8 Å². The molecule has 8 heteroatoms. The zero-order valence-electron chi connectivity index (χ0n) is 16.0. The van der Waals surface area contributed by atoms with Crippen molar-refractivity contribution in [3.05, 3.63) is 11.0 Å². The van der Waals surface area contributed by atoms with Crippen LogP contribution in [0.4, 0.5) is 4.79 Å². The standard InChI is InChI=1S/C18H26O6S2/c1-17(2,3)14(19)23-8-11-13-10(9-26-16(21)25-6)7-12(22-5)18(13,4)15(20)24-11/h9,11-13H,7-8H2,1-6H3/b10-9+/t11-,12-,13-,18-/m1/s1. The summed E-state index contributed by atoms with van der Waals surface area (Å²) >= 11 is 2.24. The van der Waals surface area contributed by atoms with E-state index in [0.29, 0.717) is 6.42 Å². The Bertz CT molecular complexity index is 624. The lowest BCUT2D eigenvalue weighted by Crippen LogP contribution is -2.38. The molecule has 2 rings (SSSR count). The number of carbonyl (C=O) groups excluding carboxylic acids is 3. The maximum atomic E-state index is 12.6. The minimum absolute atomic E-state index is 0.00296. The van der Waals surface area contributed by atoms with Crippen LogP contribution in [0.25, 0.3) is 0 Å². The molecule has 0 N–H and O–H groups in total. The fourth-order valence-corrected chi connectivity index (χ4v) is 4.50. The molecule has 2 fully saturated rings. The molecule has 146 valence electrons. The van der Waals surface area contributed by atoms with Crippen LogP contribution in [0, 0.1) is 16.7 Å². The fraction of sp³-hybridized carbons (Fsp3) is 0.722. The van der Waals surface area contributed by atoms with Gasteiger partial charge in [-0.1, -0.05) is 17.3 Å². The SMILES string of the molecule is CO[C@@H]1C/C(=C\SC(=O)SC)[C@@H]2[C@@H](COC(=O)C(C)(C)C)OC(=O)[C@@]21C. The Hall–Kier alpha value is -0.990. The highest BCUT2D eigenvalue weighted by Crippen LogP contribution is 2.55. The van der Waals surface area contributed by atoms with Gasteiger partial charge in [-0.25, -0.2) is 0 Å². The lowest BCUT2D eigenvalue weighted by Gasteiger charge is -2.26. The summed E-state index contributed by atoms with van der Waals surface area (Å²) < 4.78 is 16.5. The van der Waals surface area contributed by atoms with Gasteiger partial charge in [0, 0.05) is 13.0 Å². The molecule has 1 saturated heterocycles. The third-order valence-corrected chi connectivity index (χ3v) is 6.69. The molecule has 2 aliphatic rings. The molecule has 0 aromatic heterocycles. The first-order chi connectivity index (χ1) is 12.1. The maximum absolute atomic E-state index is 12.6. The number of rotatable bonds is 4. The van der Waals surface area contributed by atoms with E-state index in [4.69, 9.17) is 14.2 Å². The fourth-order valence-electron chi connectivity index (χ4n) is 3.48. The van der Waals surface area contributed by atoms with Gasteiger partial charge in [-0.15, -0.1) is 0 Å². The minimum atomic E-state index is -0.845. The molecule has 0 unspecified atom stereocenters. The number of cyclic esters (lactones) is 1. The molecule has 26 heavy (non-hydrogen) atoms. The van der Waals surface area contributed by atoms with E-state index < -0.39 is 16.9 Å². The molecule has 0 spiro atoms. The van der Waals surface area contributed by atoms with Crippen LogP contribution < -0.4 is 0 Å². The second-order valence-corrected chi connectivity index (χ2v) is 9.63. The Morgan fingerprint density at radius 3 is 2.58 bits per heavy atom. The van der Waals surface area contributed by atoms with Crippen LogP contribution in [-0.4, -0.2) is 48.6 Å².